The van der Waals surface area contributed by atoms with Gasteiger partial charge in [0.15, 0.2) is 6.10 Å². The van der Waals surface area contributed by atoms with Crippen LogP contribution in [0.25, 0.3) is 0 Å². The van der Waals surface area contributed by atoms with Crippen LogP contribution in [0.1, 0.15) is 12.8 Å². The topological polar surface area (TPSA) is 55.8 Å². The first-order valence-corrected chi connectivity index (χ1v) is 5.79. The van der Waals surface area contributed by atoms with Gasteiger partial charge in [0.1, 0.15) is 12.4 Å². The van der Waals surface area contributed by atoms with Crippen molar-refractivity contribution in [2.24, 2.45) is 0 Å². The largest absolute Gasteiger partial charge is 0.491 e. The van der Waals surface area contributed by atoms with Crippen LogP contribution in [-0.2, 0) is 9.53 Å². The highest BCUT2D eigenvalue weighted by Gasteiger charge is 2.30. The minimum absolute atomic E-state index is 0.147. The number of hydrogen-bond donors (Lipinski definition) is 1. The first-order valence-electron chi connectivity index (χ1n) is 5.42. The van der Waals surface area contributed by atoms with E-state index in [4.69, 9.17) is 26.2 Å². The Morgan fingerprint density at radius 3 is 2.71 bits per heavy atom. The second-order valence-electron chi connectivity index (χ2n) is 3.93. The summed E-state index contributed by atoms with van der Waals surface area (Å²) < 4.78 is 10.8. The van der Waals surface area contributed by atoms with Crippen molar-refractivity contribution in [1.82, 2.24) is 0 Å². The molecule has 92 valence electrons. The van der Waals surface area contributed by atoms with Crippen LogP contribution in [0, 0.1) is 0 Å². The predicted octanol–water partition coefficient (Wildman–Crippen LogP) is 2.35. The van der Waals surface area contributed by atoms with Crippen molar-refractivity contribution in [2.75, 3.05) is 6.61 Å². The summed E-state index contributed by atoms with van der Waals surface area (Å²) in [5.74, 6) is -0.198. The van der Waals surface area contributed by atoms with Crippen molar-refractivity contribution < 1.29 is 19.4 Å². The van der Waals surface area contributed by atoms with Gasteiger partial charge in [-0.05, 0) is 37.1 Å². The Morgan fingerprint density at radius 1 is 1.41 bits per heavy atom. The molecule has 2 unspecified atom stereocenters. The fraction of sp³-hybridized carbons (Fsp3) is 0.417. The third-order valence-corrected chi connectivity index (χ3v) is 2.88. The fourth-order valence-corrected chi connectivity index (χ4v) is 1.86. The lowest BCUT2D eigenvalue weighted by Crippen LogP contribution is -2.23. The van der Waals surface area contributed by atoms with Crippen molar-refractivity contribution in [1.29, 1.82) is 0 Å². The third-order valence-electron chi connectivity index (χ3n) is 2.63. The lowest BCUT2D eigenvalue weighted by Gasteiger charge is -2.12. The summed E-state index contributed by atoms with van der Waals surface area (Å²) in [7, 11) is 0. The summed E-state index contributed by atoms with van der Waals surface area (Å²) in [6, 6.07) is 7.02. The molecule has 5 heteroatoms. The van der Waals surface area contributed by atoms with Crippen molar-refractivity contribution in [2.45, 2.75) is 25.0 Å². The summed E-state index contributed by atoms with van der Waals surface area (Å²) in [5.41, 5.74) is 0. The molecular weight excluding hydrogens is 244 g/mol. The van der Waals surface area contributed by atoms with Gasteiger partial charge < -0.3 is 14.6 Å². The van der Waals surface area contributed by atoms with Crippen LogP contribution in [0.2, 0.25) is 5.02 Å². The molecule has 17 heavy (non-hydrogen) atoms. The average molecular weight is 257 g/mol. The molecule has 0 radical (unpaired) electrons. The maximum atomic E-state index is 10.7. The van der Waals surface area contributed by atoms with Crippen molar-refractivity contribution in [3.05, 3.63) is 29.3 Å². The molecular formula is C12H13ClO4. The first-order chi connectivity index (χ1) is 8.15. The zero-order valence-electron chi connectivity index (χ0n) is 9.14. The monoisotopic (exact) mass is 256 g/mol. The number of rotatable bonds is 4. The van der Waals surface area contributed by atoms with E-state index in [1.165, 1.54) is 0 Å². The fourth-order valence-electron chi connectivity index (χ4n) is 1.73. The van der Waals surface area contributed by atoms with Crippen molar-refractivity contribution >= 4 is 17.6 Å². The highest BCUT2D eigenvalue weighted by atomic mass is 35.5. The maximum Gasteiger partial charge on any atom is 0.332 e. The van der Waals surface area contributed by atoms with E-state index < -0.39 is 12.1 Å². The Labute approximate surface area is 104 Å². The van der Waals surface area contributed by atoms with Crippen molar-refractivity contribution in [3.63, 3.8) is 0 Å². The second-order valence-corrected chi connectivity index (χ2v) is 4.36. The normalized spacial score (nSPS) is 23.6. The van der Waals surface area contributed by atoms with Gasteiger partial charge in [0, 0.05) is 5.02 Å². The van der Waals surface area contributed by atoms with E-state index >= 15 is 0 Å². The van der Waals surface area contributed by atoms with E-state index in [1.54, 1.807) is 24.3 Å². The van der Waals surface area contributed by atoms with Crippen LogP contribution in [0.15, 0.2) is 24.3 Å². The SMILES string of the molecule is O=C(O)C1CCC(COc2ccc(Cl)cc2)O1. The van der Waals surface area contributed by atoms with Crippen molar-refractivity contribution in [3.8, 4) is 5.75 Å². The molecule has 0 aromatic heterocycles. The van der Waals surface area contributed by atoms with Gasteiger partial charge in [-0.3, -0.25) is 0 Å². The molecule has 1 N–H and O–H groups in total. The molecule has 4 nitrogen and oxygen atoms in total. The van der Waals surface area contributed by atoms with Gasteiger partial charge in [-0.1, -0.05) is 11.6 Å². The third kappa shape index (κ3) is 3.35. The van der Waals surface area contributed by atoms with E-state index in [2.05, 4.69) is 0 Å². The molecule has 1 heterocycles. The van der Waals surface area contributed by atoms with Crippen LogP contribution in [0.3, 0.4) is 0 Å². The van der Waals surface area contributed by atoms with Crippen LogP contribution in [0.5, 0.6) is 5.75 Å². The Balaban J connectivity index is 1.80. The molecule has 0 amide bonds. The van der Waals surface area contributed by atoms with Crippen LogP contribution in [-0.4, -0.2) is 29.9 Å². The smallest absolute Gasteiger partial charge is 0.332 e. The molecule has 1 aliphatic rings. The van der Waals surface area contributed by atoms with Gasteiger partial charge in [0.25, 0.3) is 0 Å². The lowest BCUT2D eigenvalue weighted by atomic mass is 10.2. The Bertz CT molecular complexity index is 390. The Morgan fingerprint density at radius 2 is 2.12 bits per heavy atom. The predicted molar refractivity (Wildman–Crippen MR) is 62.5 cm³/mol. The quantitative estimate of drug-likeness (QED) is 0.898. The highest BCUT2D eigenvalue weighted by Crippen LogP contribution is 2.22. The van der Waals surface area contributed by atoms with Gasteiger partial charge in [-0.15, -0.1) is 0 Å². The number of benzene rings is 1. The minimum Gasteiger partial charge on any atom is -0.491 e. The number of halogens is 1. The van der Waals surface area contributed by atoms with E-state index in [9.17, 15) is 4.79 Å². The maximum absolute atomic E-state index is 10.7. The van der Waals surface area contributed by atoms with Gasteiger partial charge in [0.2, 0.25) is 0 Å². The highest BCUT2D eigenvalue weighted by molar-refractivity contribution is 6.30. The molecule has 0 aliphatic carbocycles. The summed E-state index contributed by atoms with van der Waals surface area (Å²) >= 11 is 5.75. The van der Waals surface area contributed by atoms with E-state index in [0.29, 0.717) is 30.2 Å². The standard InChI is InChI=1S/C12H13ClO4/c13-8-1-3-9(4-2-8)16-7-10-5-6-11(17-10)12(14)15/h1-4,10-11H,5-7H2,(H,14,15). The molecule has 0 saturated carbocycles. The Kier molecular flexibility index (Phi) is 3.86. The number of carboxylic acids is 1. The minimum atomic E-state index is -0.904. The molecule has 0 spiro atoms. The summed E-state index contributed by atoms with van der Waals surface area (Å²) in [5, 5.41) is 9.42. The zero-order valence-corrected chi connectivity index (χ0v) is 9.89. The lowest BCUT2D eigenvalue weighted by molar-refractivity contribution is -0.149. The average Bonchev–Trinajstić information content (AvgIpc) is 2.77. The van der Waals surface area contributed by atoms with Gasteiger partial charge in [-0.25, -0.2) is 4.79 Å². The molecule has 1 saturated heterocycles. The number of carboxylic acid groups (broad SMARTS) is 1. The van der Waals surface area contributed by atoms with Crippen LogP contribution >= 0.6 is 11.6 Å². The molecule has 1 aromatic carbocycles. The first kappa shape index (κ1) is 12.2. The molecule has 2 atom stereocenters. The summed E-state index contributed by atoms with van der Waals surface area (Å²) in [6.07, 6.45) is 0.426. The molecule has 1 fully saturated rings. The number of hydrogen-bond acceptors (Lipinski definition) is 3. The molecule has 1 aromatic rings. The van der Waals surface area contributed by atoms with E-state index in [0.717, 1.165) is 0 Å². The summed E-state index contributed by atoms with van der Waals surface area (Å²) in [6.45, 7) is 0.366. The molecule has 2 rings (SSSR count). The van der Waals surface area contributed by atoms with Crippen LogP contribution in [0.4, 0.5) is 0 Å². The second kappa shape index (κ2) is 5.38. The molecule has 0 bridgehead atoms. The number of ether oxygens (including phenoxy) is 2. The summed E-state index contributed by atoms with van der Waals surface area (Å²) in [4.78, 5) is 10.7. The van der Waals surface area contributed by atoms with Gasteiger partial charge in [-0.2, -0.15) is 0 Å². The van der Waals surface area contributed by atoms with E-state index in [-0.39, 0.29) is 6.10 Å². The zero-order chi connectivity index (χ0) is 12.3. The number of carbonyl (C=O) groups is 1. The van der Waals surface area contributed by atoms with Gasteiger partial charge in [0.05, 0.1) is 6.10 Å². The van der Waals surface area contributed by atoms with Crippen LogP contribution < -0.4 is 4.74 Å². The van der Waals surface area contributed by atoms with Gasteiger partial charge >= 0.3 is 5.97 Å². The van der Waals surface area contributed by atoms with E-state index in [1.807, 2.05) is 0 Å². The Hall–Kier alpha value is -1.26. The number of aliphatic carboxylic acids is 1. The molecule has 1 aliphatic heterocycles.